The summed E-state index contributed by atoms with van der Waals surface area (Å²) in [7, 11) is 0. The summed E-state index contributed by atoms with van der Waals surface area (Å²) in [5, 5.41) is 4.55. The van der Waals surface area contributed by atoms with Crippen molar-refractivity contribution in [3.63, 3.8) is 0 Å². The summed E-state index contributed by atoms with van der Waals surface area (Å²) in [5.74, 6) is 0.318. The molecule has 0 N–H and O–H groups in total. The molecular formula is C21H28N4O2. The maximum Gasteiger partial charge on any atom is 0.272 e. The van der Waals surface area contributed by atoms with Crippen LogP contribution in [-0.4, -0.2) is 46.1 Å². The van der Waals surface area contributed by atoms with Gasteiger partial charge in [-0.3, -0.25) is 14.3 Å². The molecule has 1 aliphatic heterocycles. The summed E-state index contributed by atoms with van der Waals surface area (Å²) >= 11 is 0. The van der Waals surface area contributed by atoms with E-state index < -0.39 is 0 Å². The van der Waals surface area contributed by atoms with Gasteiger partial charge in [0.05, 0.1) is 5.69 Å². The van der Waals surface area contributed by atoms with E-state index in [1.54, 1.807) is 14.5 Å². The number of amides is 2. The lowest BCUT2D eigenvalue weighted by atomic mass is 10.1. The molecule has 0 saturated carbocycles. The molecule has 27 heavy (non-hydrogen) atoms. The monoisotopic (exact) mass is 368 g/mol. The molecular weight excluding hydrogens is 340 g/mol. The van der Waals surface area contributed by atoms with Crippen molar-refractivity contribution < 1.29 is 9.59 Å². The number of piperazine rings is 1. The number of hydrogen-bond acceptors (Lipinski definition) is 3. The topological polar surface area (TPSA) is 58.4 Å². The number of carbonyl (C=O) groups is 2. The van der Waals surface area contributed by atoms with Crippen molar-refractivity contribution in [2.75, 3.05) is 24.5 Å². The molecule has 2 amide bonds. The summed E-state index contributed by atoms with van der Waals surface area (Å²) in [4.78, 5) is 29.2. The molecule has 0 atom stereocenters. The van der Waals surface area contributed by atoms with Gasteiger partial charge in [0, 0.05) is 25.3 Å². The highest BCUT2D eigenvalue weighted by Gasteiger charge is 2.30. The van der Waals surface area contributed by atoms with Crippen LogP contribution in [0.25, 0.3) is 0 Å². The van der Waals surface area contributed by atoms with Crippen LogP contribution in [0.5, 0.6) is 0 Å². The van der Waals surface area contributed by atoms with Crippen molar-refractivity contribution in [3.8, 4) is 0 Å². The van der Waals surface area contributed by atoms with Gasteiger partial charge in [-0.1, -0.05) is 32.0 Å². The van der Waals surface area contributed by atoms with Gasteiger partial charge in [0.2, 0.25) is 5.91 Å². The average molecular weight is 368 g/mol. The highest BCUT2D eigenvalue weighted by atomic mass is 16.2. The Morgan fingerprint density at radius 1 is 1.22 bits per heavy atom. The van der Waals surface area contributed by atoms with E-state index in [0.717, 1.165) is 23.4 Å². The van der Waals surface area contributed by atoms with E-state index in [1.807, 2.05) is 44.2 Å². The summed E-state index contributed by atoms with van der Waals surface area (Å²) in [6, 6.07) is 9.72. The fraction of sp³-hybridized carbons (Fsp3) is 0.476. The van der Waals surface area contributed by atoms with Crippen LogP contribution in [0.4, 0.5) is 5.69 Å². The first-order chi connectivity index (χ1) is 12.9. The van der Waals surface area contributed by atoms with Crippen molar-refractivity contribution in [1.82, 2.24) is 14.7 Å². The highest BCUT2D eigenvalue weighted by molar-refractivity contribution is 6.01. The standard InChI is InChI=1S/C21H28N4O2/c1-5-25-19(13-17(22-25)12-15(2)3)21(27)23-10-11-24(20(26)14-23)18-9-7-6-8-16(18)4/h6-9,13,15H,5,10-12,14H2,1-4H3. The highest BCUT2D eigenvalue weighted by Crippen LogP contribution is 2.22. The van der Waals surface area contributed by atoms with E-state index in [2.05, 4.69) is 18.9 Å². The van der Waals surface area contributed by atoms with Gasteiger partial charge < -0.3 is 9.80 Å². The molecule has 3 rings (SSSR count). The van der Waals surface area contributed by atoms with Crippen LogP contribution in [0, 0.1) is 12.8 Å². The SMILES string of the molecule is CCn1nc(CC(C)C)cc1C(=O)N1CCN(c2ccccc2C)C(=O)C1. The minimum Gasteiger partial charge on any atom is -0.326 e. The molecule has 1 saturated heterocycles. The van der Waals surface area contributed by atoms with E-state index in [0.29, 0.717) is 31.2 Å². The van der Waals surface area contributed by atoms with Crippen LogP contribution in [0.3, 0.4) is 0 Å². The van der Waals surface area contributed by atoms with Crippen molar-refractivity contribution in [3.05, 3.63) is 47.3 Å². The van der Waals surface area contributed by atoms with Gasteiger partial charge in [0.1, 0.15) is 12.2 Å². The lowest BCUT2D eigenvalue weighted by Crippen LogP contribution is -2.52. The molecule has 0 aliphatic carbocycles. The zero-order chi connectivity index (χ0) is 19.6. The normalized spacial score (nSPS) is 14.9. The summed E-state index contributed by atoms with van der Waals surface area (Å²) < 4.78 is 1.75. The number of para-hydroxylation sites is 1. The molecule has 6 nitrogen and oxygen atoms in total. The number of benzene rings is 1. The summed E-state index contributed by atoms with van der Waals surface area (Å²) in [6.45, 7) is 10.0. The third-order valence-electron chi connectivity index (χ3n) is 4.88. The van der Waals surface area contributed by atoms with E-state index in [9.17, 15) is 9.59 Å². The van der Waals surface area contributed by atoms with Gasteiger partial charge in [-0.15, -0.1) is 0 Å². The Labute approximate surface area is 160 Å². The maximum atomic E-state index is 13.0. The van der Waals surface area contributed by atoms with Crippen LogP contribution >= 0.6 is 0 Å². The fourth-order valence-electron chi connectivity index (χ4n) is 3.53. The summed E-state index contributed by atoms with van der Waals surface area (Å²) in [6.07, 6.45) is 0.841. The molecule has 144 valence electrons. The number of aryl methyl sites for hydroxylation is 2. The number of nitrogens with zero attached hydrogens (tertiary/aromatic N) is 4. The van der Waals surface area contributed by atoms with Crippen LogP contribution in [0.2, 0.25) is 0 Å². The zero-order valence-corrected chi connectivity index (χ0v) is 16.6. The van der Waals surface area contributed by atoms with Crippen LogP contribution < -0.4 is 4.90 Å². The minimum absolute atomic E-state index is 0.0473. The fourth-order valence-corrected chi connectivity index (χ4v) is 3.53. The third kappa shape index (κ3) is 4.04. The molecule has 2 heterocycles. The Bertz CT molecular complexity index is 840. The quantitative estimate of drug-likeness (QED) is 0.815. The molecule has 6 heteroatoms. The van der Waals surface area contributed by atoms with E-state index in [-0.39, 0.29) is 18.4 Å². The van der Waals surface area contributed by atoms with Gasteiger partial charge in [-0.25, -0.2) is 0 Å². The molecule has 0 bridgehead atoms. The Balaban J connectivity index is 1.75. The number of rotatable bonds is 5. The second kappa shape index (κ2) is 7.94. The van der Waals surface area contributed by atoms with Crippen LogP contribution in [-0.2, 0) is 17.8 Å². The van der Waals surface area contributed by atoms with E-state index in [4.69, 9.17) is 0 Å². The van der Waals surface area contributed by atoms with Crippen molar-refractivity contribution in [2.45, 2.75) is 40.7 Å². The van der Waals surface area contributed by atoms with Crippen LogP contribution in [0.15, 0.2) is 30.3 Å². The smallest absolute Gasteiger partial charge is 0.272 e. The van der Waals surface area contributed by atoms with Gasteiger partial charge in [0.25, 0.3) is 5.91 Å². The minimum atomic E-state index is -0.114. The lowest BCUT2D eigenvalue weighted by molar-refractivity contribution is -0.120. The summed E-state index contributed by atoms with van der Waals surface area (Å²) in [5.41, 5.74) is 3.49. The average Bonchev–Trinajstić information content (AvgIpc) is 3.04. The molecule has 0 radical (unpaired) electrons. The molecule has 1 aromatic carbocycles. The van der Waals surface area contributed by atoms with Crippen LogP contribution in [0.1, 0.15) is 42.5 Å². The first kappa shape index (κ1) is 19.1. The second-order valence-electron chi connectivity index (χ2n) is 7.49. The number of aromatic nitrogens is 2. The Hall–Kier alpha value is -2.63. The molecule has 2 aromatic rings. The molecule has 1 aromatic heterocycles. The maximum absolute atomic E-state index is 13.0. The van der Waals surface area contributed by atoms with Crippen molar-refractivity contribution >= 4 is 17.5 Å². The molecule has 0 spiro atoms. The Morgan fingerprint density at radius 2 is 1.96 bits per heavy atom. The second-order valence-corrected chi connectivity index (χ2v) is 7.49. The van der Waals surface area contributed by atoms with Gasteiger partial charge in [-0.05, 0) is 43.9 Å². The molecule has 1 fully saturated rings. The first-order valence-corrected chi connectivity index (χ1v) is 9.62. The number of hydrogen-bond donors (Lipinski definition) is 0. The Kier molecular flexibility index (Phi) is 5.63. The zero-order valence-electron chi connectivity index (χ0n) is 16.6. The number of carbonyl (C=O) groups excluding carboxylic acids is 2. The van der Waals surface area contributed by atoms with Crippen molar-refractivity contribution in [2.24, 2.45) is 5.92 Å². The van der Waals surface area contributed by atoms with E-state index >= 15 is 0 Å². The van der Waals surface area contributed by atoms with Gasteiger partial charge in [-0.2, -0.15) is 5.10 Å². The molecule has 1 aliphatic rings. The molecule has 0 unspecified atom stereocenters. The predicted molar refractivity (Wildman–Crippen MR) is 106 cm³/mol. The Morgan fingerprint density at radius 3 is 2.59 bits per heavy atom. The van der Waals surface area contributed by atoms with Crippen molar-refractivity contribution in [1.29, 1.82) is 0 Å². The third-order valence-corrected chi connectivity index (χ3v) is 4.88. The number of anilines is 1. The van der Waals surface area contributed by atoms with Gasteiger partial charge in [0.15, 0.2) is 0 Å². The van der Waals surface area contributed by atoms with E-state index in [1.165, 1.54) is 0 Å². The largest absolute Gasteiger partial charge is 0.326 e. The predicted octanol–water partition coefficient (Wildman–Crippen LogP) is 2.90. The first-order valence-electron chi connectivity index (χ1n) is 9.62. The van der Waals surface area contributed by atoms with Gasteiger partial charge >= 0.3 is 0 Å². The lowest BCUT2D eigenvalue weighted by Gasteiger charge is -2.35.